The van der Waals surface area contributed by atoms with E-state index in [1.807, 2.05) is 12.3 Å². The van der Waals surface area contributed by atoms with Crippen molar-refractivity contribution in [1.82, 2.24) is 18.7 Å². The predicted molar refractivity (Wildman–Crippen MR) is 248 cm³/mol. The van der Waals surface area contributed by atoms with Gasteiger partial charge in [-0.15, -0.1) is 0 Å². The van der Waals surface area contributed by atoms with Gasteiger partial charge in [-0.3, -0.25) is 0 Å². The van der Waals surface area contributed by atoms with Crippen LogP contribution in [-0.4, -0.2) is 25.3 Å². The van der Waals surface area contributed by atoms with Crippen molar-refractivity contribution < 1.29 is 28.8 Å². The molecule has 0 saturated heterocycles. The summed E-state index contributed by atoms with van der Waals surface area (Å²) in [6, 6.07) is 60.3. The first-order chi connectivity index (χ1) is 30.3. The number of nitrogens with zero attached hydrogens (tertiary/aromatic N) is 4. The SMILES string of the molecule is CC(C)(C)c1ccnc(-n2c3cc(Oc4cccc(-n5[c](=[Pt])n(-c6c(-c7ccccc7)cccc6-c6ccccc6)c6ccccc65)c4)ccc3c3cc4c(cc32)OCCC4)c1. The summed E-state index contributed by atoms with van der Waals surface area (Å²) >= 11 is 2.50. The summed E-state index contributed by atoms with van der Waals surface area (Å²) in [7, 11) is 0. The Kier molecular flexibility index (Phi) is 9.43. The van der Waals surface area contributed by atoms with Crippen molar-refractivity contribution in [2.45, 2.75) is 39.0 Å². The maximum absolute atomic E-state index is 6.83. The summed E-state index contributed by atoms with van der Waals surface area (Å²) in [5.41, 5.74) is 13.6. The number of para-hydroxylation sites is 3. The molecule has 0 amide bonds. The molecule has 0 spiro atoms. The molecule has 62 heavy (non-hydrogen) atoms. The fourth-order valence-corrected chi connectivity index (χ4v) is 10.1. The van der Waals surface area contributed by atoms with Crippen molar-refractivity contribution in [3.05, 3.63) is 191 Å². The molecule has 0 fully saturated rings. The zero-order chi connectivity index (χ0) is 42.0. The van der Waals surface area contributed by atoms with Crippen LogP contribution in [0.4, 0.5) is 0 Å². The third-order valence-corrected chi connectivity index (χ3v) is 13.1. The normalized spacial score (nSPS) is 12.8. The molecule has 6 nitrogen and oxygen atoms in total. The molecule has 1 aliphatic heterocycles. The van der Waals surface area contributed by atoms with Gasteiger partial charge >= 0.3 is 294 Å². The molecule has 0 radical (unpaired) electrons. The molecular weight excluding hydrogens is 944 g/mol. The van der Waals surface area contributed by atoms with Crippen LogP contribution < -0.4 is 9.47 Å². The van der Waals surface area contributed by atoms with Crippen LogP contribution in [0.15, 0.2) is 176 Å². The van der Waals surface area contributed by atoms with E-state index in [0.717, 1.165) is 107 Å². The second-order valence-corrected chi connectivity index (χ2v) is 18.0. The second-order valence-electron chi connectivity index (χ2n) is 17.0. The number of ether oxygens (including phenoxy) is 2. The van der Waals surface area contributed by atoms with Gasteiger partial charge in [0.25, 0.3) is 0 Å². The van der Waals surface area contributed by atoms with Crippen LogP contribution >= 0.6 is 0 Å². The van der Waals surface area contributed by atoms with Crippen molar-refractivity contribution in [3.63, 3.8) is 0 Å². The number of imidazole rings is 1. The minimum absolute atomic E-state index is 0.0321. The zero-order valence-electron chi connectivity index (χ0n) is 34.8. The van der Waals surface area contributed by atoms with Crippen LogP contribution in [0, 0.1) is 3.80 Å². The molecular formula is C55H44N4O2Pt. The van der Waals surface area contributed by atoms with Crippen LogP contribution in [-0.2, 0) is 31.2 Å². The Morgan fingerprint density at radius 2 is 1.24 bits per heavy atom. The number of aromatic nitrogens is 4. The molecule has 10 aromatic rings. The average molecular weight is 988 g/mol. The molecule has 4 heterocycles. The number of benzene rings is 7. The van der Waals surface area contributed by atoms with Crippen LogP contribution in [0.2, 0.25) is 0 Å². The molecule has 11 rings (SSSR count). The fraction of sp³-hybridized carbons (Fsp3) is 0.127. The molecule has 1 aliphatic rings. The number of fused-ring (bicyclic) bond motifs is 5. The third-order valence-electron chi connectivity index (χ3n) is 12.1. The maximum atomic E-state index is 6.83. The first-order valence-corrected chi connectivity index (χ1v) is 22.3. The summed E-state index contributed by atoms with van der Waals surface area (Å²) in [5.74, 6) is 3.33. The van der Waals surface area contributed by atoms with Gasteiger partial charge in [0.1, 0.15) is 5.75 Å². The quantitative estimate of drug-likeness (QED) is 0.160. The molecule has 306 valence electrons. The second kappa shape index (κ2) is 15.3. The van der Waals surface area contributed by atoms with Crippen molar-refractivity contribution in [2.75, 3.05) is 6.61 Å². The van der Waals surface area contributed by atoms with Gasteiger partial charge in [0.05, 0.1) is 6.61 Å². The Morgan fingerprint density at radius 3 is 1.97 bits per heavy atom. The number of hydrogen-bond donors (Lipinski definition) is 0. The summed E-state index contributed by atoms with van der Waals surface area (Å²) < 4.78 is 21.1. The minimum Gasteiger partial charge on any atom is -0.493 e. The first-order valence-electron chi connectivity index (χ1n) is 21.2. The molecule has 0 bridgehead atoms. The number of pyridine rings is 1. The van der Waals surface area contributed by atoms with Gasteiger partial charge < -0.3 is 4.74 Å². The summed E-state index contributed by atoms with van der Waals surface area (Å²) in [5, 5.41) is 2.34. The molecule has 0 N–H and O–H groups in total. The number of aryl methyl sites for hydroxylation is 1. The molecule has 7 aromatic carbocycles. The molecule has 0 saturated carbocycles. The van der Waals surface area contributed by atoms with Crippen LogP contribution in [0.25, 0.3) is 72.3 Å². The monoisotopic (exact) mass is 987 g/mol. The van der Waals surface area contributed by atoms with E-state index in [-0.39, 0.29) is 5.41 Å². The van der Waals surface area contributed by atoms with Gasteiger partial charge in [0, 0.05) is 6.20 Å². The Morgan fingerprint density at radius 1 is 0.581 bits per heavy atom. The van der Waals surface area contributed by atoms with E-state index in [2.05, 4.69) is 218 Å². The third kappa shape index (κ3) is 6.61. The fourth-order valence-electron chi connectivity index (χ4n) is 9.04. The number of hydrogen-bond acceptors (Lipinski definition) is 3. The minimum atomic E-state index is -0.0321. The summed E-state index contributed by atoms with van der Waals surface area (Å²) in [6.45, 7) is 7.46. The van der Waals surface area contributed by atoms with Crippen LogP contribution in [0.5, 0.6) is 17.2 Å². The van der Waals surface area contributed by atoms with E-state index >= 15 is 0 Å². The van der Waals surface area contributed by atoms with Crippen molar-refractivity contribution >= 4 is 32.8 Å². The Labute approximate surface area is 371 Å². The Hall–Kier alpha value is -6.75. The van der Waals surface area contributed by atoms with Gasteiger partial charge in [-0.1, -0.05) is 20.8 Å². The van der Waals surface area contributed by atoms with E-state index in [0.29, 0.717) is 0 Å². The molecule has 7 heteroatoms. The van der Waals surface area contributed by atoms with E-state index in [1.54, 1.807) is 0 Å². The van der Waals surface area contributed by atoms with Gasteiger partial charge in [-0.2, -0.15) is 0 Å². The van der Waals surface area contributed by atoms with Crippen molar-refractivity contribution in [1.29, 1.82) is 0 Å². The van der Waals surface area contributed by atoms with Gasteiger partial charge in [-0.05, 0) is 35.4 Å². The van der Waals surface area contributed by atoms with Gasteiger partial charge in [-0.25, -0.2) is 0 Å². The van der Waals surface area contributed by atoms with Crippen molar-refractivity contribution in [2.24, 2.45) is 0 Å². The Balaban J connectivity index is 1.05. The number of rotatable bonds is 7. The molecule has 0 unspecified atom stereocenters. The van der Waals surface area contributed by atoms with E-state index in [9.17, 15) is 0 Å². The Bertz CT molecular complexity index is 3340. The van der Waals surface area contributed by atoms with E-state index in [1.165, 1.54) is 16.5 Å². The summed E-state index contributed by atoms with van der Waals surface area (Å²) in [6.07, 6.45) is 3.96. The average Bonchev–Trinajstić information content (AvgIpc) is 3.78. The standard InChI is InChI=1S/C55H44N4O2.Pt/c1-55(2,3)40-28-29-56-53(32-40)59-50-34-43(26-27-46(50)47-31-39-19-14-30-60-52(39)35-51(47)59)61-42-21-12-20-41(33-42)57-36-58(49-25-11-10-24-48(49)57)54-44(37-15-6-4-7-16-37)22-13-23-45(54)38-17-8-5-9-18-38;/h4-13,15-18,20-29,31-35H,14,19,30H2,1-3H3;. The molecule has 0 atom stereocenters. The zero-order valence-corrected chi connectivity index (χ0v) is 37.1. The molecule has 0 aliphatic carbocycles. The summed E-state index contributed by atoms with van der Waals surface area (Å²) in [4.78, 5) is 4.94. The van der Waals surface area contributed by atoms with E-state index in [4.69, 9.17) is 14.5 Å². The first kappa shape index (κ1) is 38.2. The van der Waals surface area contributed by atoms with Crippen molar-refractivity contribution in [3.8, 4) is 56.7 Å². The van der Waals surface area contributed by atoms with Gasteiger partial charge in [0.15, 0.2) is 0 Å². The smallest absolute Gasteiger partial charge is 0.493 e. The van der Waals surface area contributed by atoms with Crippen LogP contribution in [0.1, 0.15) is 38.3 Å². The molecule has 3 aromatic heterocycles. The van der Waals surface area contributed by atoms with Gasteiger partial charge in [0.2, 0.25) is 0 Å². The van der Waals surface area contributed by atoms with Crippen LogP contribution in [0.3, 0.4) is 0 Å². The van der Waals surface area contributed by atoms with E-state index < -0.39 is 0 Å². The predicted octanol–water partition coefficient (Wildman–Crippen LogP) is 13.7. The topological polar surface area (TPSA) is 46.1 Å².